The minimum Gasteiger partial charge on any atom is -0.824 e. The third kappa shape index (κ3) is 11.1. The molecule has 0 N–H and O–H groups in total. The second kappa shape index (κ2) is 10.4. The zero-order chi connectivity index (χ0) is 13.9. The molecule has 3 aliphatic rings. The van der Waals surface area contributed by atoms with Gasteiger partial charge in [-0.2, -0.15) is 0 Å². The topological polar surface area (TPSA) is 221 Å². The molecule has 113 valence electrons. The Morgan fingerprint density at radius 1 is 0.450 bits per heavy atom. The van der Waals surface area contributed by atoms with E-state index in [0.29, 0.717) is 0 Å². The first-order chi connectivity index (χ1) is 8.12. The minimum absolute atomic E-state index is 0. The van der Waals surface area contributed by atoms with E-state index < -0.39 is 27.1 Å². The Morgan fingerprint density at radius 2 is 0.550 bits per heavy atom. The van der Waals surface area contributed by atoms with Gasteiger partial charge in [0.2, 0.25) is 0 Å². The van der Waals surface area contributed by atoms with Crippen molar-refractivity contribution in [1.29, 1.82) is 0 Å². The molecule has 3 rings (SSSR count). The van der Waals surface area contributed by atoms with E-state index in [0.717, 1.165) is 0 Å². The van der Waals surface area contributed by atoms with Crippen LogP contribution in [0, 0.1) is 39.9 Å². The molecule has 0 atom stereocenters. The summed E-state index contributed by atoms with van der Waals surface area (Å²) in [6, 6.07) is 0. The van der Waals surface area contributed by atoms with Crippen molar-refractivity contribution in [2.75, 3.05) is 0 Å². The number of hydrogen-bond acceptors (Lipinski definition) is 15. The molecule has 20 heavy (non-hydrogen) atoms. The van der Waals surface area contributed by atoms with Crippen LogP contribution in [-0.4, -0.2) is 27.1 Å². The maximum atomic E-state index is 9.57. The van der Waals surface area contributed by atoms with Gasteiger partial charge in [0.15, 0.2) is 0 Å². The average molecular weight is 570 g/mol. The second-order valence-electron chi connectivity index (χ2n) is 2.20. The van der Waals surface area contributed by atoms with Gasteiger partial charge in [-0.3, -0.25) is 27.5 Å². The third-order valence-corrected chi connectivity index (χ3v) is 2.45. The van der Waals surface area contributed by atoms with Gasteiger partial charge in [-0.15, -0.1) is 0 Å². The van der Waals surface area contributed by atoms with Gasteiger partial charge < -0.3 is 28.8 Å². The largest absolute Gasteiger partial charge is 3.00 e. The van der Waals surface area contributed by atoms with Crippen molar-refractivity contribution in [2.45, 2.75) is 0 Å². The first-order valence-corrected chi connectivity index (χ1v) is 8.35. The van der Waals surface area contributed by atoms with E-state index >= 15 is 0 Å². The maximum Gasteiger partial charge on any atom is 3.00 e. The zero-order valence-electron chi connectivity index (χ0n) is 8.55. The molecule has 0 saturated carbocycles. The van der Waals surface area contributed by atoms with Gasteiger partial charge in [-0.05, 0) is 0 Å². The maximum absolute atomic E-state index is 9.57. The van der Waals surface area contributed by atoms with Gasteiger partial charge in [0.1, 0.15) is 0 Å². The van der Waals surface area contributed by atoms with Crippen LogP contribution in [0.5, 0.6) is 0 Å². The molecule has 0 aromatic carbocycles. The monoisotopic (exact) mass is 571 g/mol. The van der Waals surface area contributed by atoms with Crippen LogP contribution in [0.25, 0.3) is 0 Å². The summed E-state index contributed by atoms with van der Waals surface area (Å²) >= 11 is 0. The molecule has 0 aromatic heterocycles. The first kappa shape index (κ1) is 24.7. The predicted molar refractivity (Wildman–Crippen MR) is 27.0 cm³/mol. The number of hydrogen-bond donors (Lipinski definition) is 0. The summed E-state index contributed by atoms with van der Waals surface area (Å²) in [6.07, 6.45) is 0. The zero-order valence-corrected chi connectivity index (χ0v) is 16.7. The predicted octanol–water partition coefficient (Wildman–Crippen LogP) is -8.89. The molecule has 0 amide bonds. The SMILES string of the molecule is [Gd+3].[O-][Si]1([O-])OOO1.[O-][Si]1([O-])OOO1.[O-][Si]1([O-])OOO1.[Y+3]. The Kier molecular flexibility index (Phi) is 12.8. The van der Waals surface area contributed by atoms with Gasteiger partial charge in [0.05, 0.1) is 0 Å². The van der Waals surface area contributed by atoms with Gasteiger partial charge in [0.25, 0.3) is 27.1 Å². The summed E-state index contributed by atoms with van der Waals surface area (Å²) in [5.74, 6) is 0. The molecule has 0 spiro atoms. The van der Waals surface area contributed by atoms with Crippen LogP contribution in [-0.2, 0) is 75.3 Å². The quantitative estimate of drug-likeness (QED) is 0.195. The molecule has 15 nitrogen and oxygen atoms in total. The molecule has 0 aliphatic carbocycles. The van der Waals surface area contributed by atoms with Crippen LogP contribution >= 0.6 is 0 Å². The van der Waals surface area contributed by atoms with E-state index in [2.05, 4.69) is 42.6 Å². The van der Waals surface area contributed by atoms with E-state index in [-0.39, 0.29) is 72.6 Å². The van der Waals surface area contributed by atoms with Crippen molar-refractivity contribution in [2.24, 2.45) is 0 Å². The van der Waals surface area contributed by atoms with E-state index in [1.165, 1.54) is 0 Å². The molecule has 0 aromatic rings. The molecular formula is GdO15Si3Y. The molecular weight excluding hydrogens is 570 g/mol. The van der Waals surface area contributed by atoms with Crippen LogP contribution in [0.4, 0.5) is 0 Å². The van der Waals surface area contributed by atoms with Crippen molar-refractivity contribution in [3.63, 3.8) is 0 Å². The van der Waals surface area contributed by atoms with Crippen LogP contribution in [0.15, 0.2) is 0 Å². The van der Waals surface area contributed by atoms with Crippen molar-refractivity contribution in [1.82, 2.24) is 0 Å². The molecule has 3 aliphatic heterocycles. The van der Waals surface area contributed by atoms with Crippen LogP contribution < -0.4 is 28.8 Å². The molecule has 3 fully saturated rings. The molecule has 0 unspecified atom stereocenters. The smallest absolute Gasteiger partial charge is 0.824 e. The van der Waals surface area contributed by atoms with Gasteiger partial charge in [0, 0.05) is 0 Å². The standard InChI is InChI=1S/Gd.3O5Si.Y/c;3*1-6(2)4-3-5-6;/q+3;3*-2;+3. The molecule has 1 radical (unpaired) electrons. The fraction of sp³-hybridized carbons (Fsp3) is 0. The summed E-state index contributed by atoms with van der Waals surface area (Å²) in [5, 5.41) is 10.1. The Labute approximate surface area is 169 Å². The van der Waals surface area contributed by atoms with Crippen molar-refractivity contribution in [3.8, 4) is 0 Å². The number of rotatable bonds is 0. The van der Waals surface area contributed by atoms with E-state index in [9.17, 15) is 28.8 Å². The molecule has 3 heterocycles. The van der Waals surface area contributed by atoms with Crippen LogP contribution in [0.1, 0.15) is 0 Å². The summed E-state index contributed by atoms with van der Waals surface area (Å²) in [5.41, 5.74) is 0. The van der Waals surface area contributed by atoms with Crippen LogP contribution in [0.3, 0.4) is 0 Å². The van der Waals surface area contributed by atoms with Gasteiger partial charge in [-0.25, -0.2) is 0 Å². The first-order valence-electron chi connectivity index (χ1n) is 3.45. The Bertz CT molecular complexity index is 207. The Hall–Kier alpha value is 2.48. The Morgan fingerprint density at radius 3 is 0.550 bits per heavy atom. The van der Waals surface area contributed by atoms with E-state index in [1.807, 2.05) is 0 Å². The van der Waals surface area contributed by atoms with Gasteiger partial charge >= 0.3 is 72.6 Å². The molecule has 3 saturated heterocycles. The molecule has 20 heteroatoms. The third-order valence-electron chi connectivity index (χ3n) is 0.816. The summed E-state index contributed by atoms with van der Waals surface area (Å²) in [6.45, 7) is 0. The summed E-state index contributed by atoms with van der Waals surface area (Å²) in [4.78, 5) is 57.4. The minimum atomic E-state index is -4.17. The fourth-order valence-electron chi connectivity index (χ4n) is 0.269. The van der Waals surface area contributed by atoms with Crippen molar-refractivity contribution >= 4 is 27.1 Å². The van der Waals surface area contributed by atoms with Gasteiger partial charge in [-0.1, -0.05) is 15.1 Å². The average Bonchev–Trinajstić information content (AvgIpc) is 2.13. The normalized spacial score (nSPS) is 26.1. The molecule has 0 bridgehead atoms. The van der Waals surface area contributed by atoms with E-state index in [1.54, 1.807) is 0 Å². The second-order valence-corrected chi connectivity index (χ2v) is 6.20. The summed E-state index contributed by atoms with van der Waals surface area (Å²) < 4.78 is 20.5. The van der Waals surface area contributed by atoms with Crippen molar-refractivity contribution in [3.05, 3.63) is 0 Å². The van der Waals surface area contributed by atoms with Crippen molar-refractivity contribution < 1.29 is 144 Å². The summed E-state index contributed by atoms with van der Waals surface area (Å²) in [7, 11) is -12.5. The van der Waals surface area contributed by atoms with E-state index in [4.69, 9.17) is 0 Å². The Balaban J connectivity index is 0. The van der Waals surface area contributed by atoms with Crippen LogP contribution in [0.2, 0.25) is 0 Å². The fourth-order valence-corrected chi connectivity index (χ4v) is 0.806.